The molecule has 8 heteroatoms. The van der Waals surface area contributed by atoms with E-state index < -0.39 is 10.0 Å². The molecule has 1 saturated carbocycles. The highest BCUT2D eigenvalue weighted by Crippen LogP contribution is 2.39. The lowest BCUT2D eigenvalue weighted by molar-refractivity contribution is -0.133. The number of pyridine rings is 1. The Kier molecular flexibility index (Phi) is 6.14. The van der Waals surface area contributed by atoms with Crippen LogP contribution in [0.25, 0.3) is 0 Å². The second-order valence-corrected chi connectivity index (χ2v) is 10.4. The summed E-state index contributed by atoms with van der Waals surface area (Å²) in [6, 6.07) is 11.2. The van der Waals surface area contributed by atoms with Crippen molar-refractivity contribution in [3.8, 4) is 0 Å². The van der Waals surface area contributed by atoms with Gasteiger partial charge in [-0.2, -0.15) is 4.31 Å². The molecule has 2 aromatic rings. The first-order chi connectivity index (χ1) is 14.4. The first-order valence-electron chi connectivity index (χ1n) is 10.4. The zero-order valence-electron chi connectivity index (χ0n) is 17.0. The van der Waals surface area contributed by atoms with Crippen LogP contribution in [0, 0.1) is 0 Å². The third-order valence-electron chi connectivity index (χ3n) is 6.18. The second-order valence-electron chi connectivity index (χ2n) is 8.03. The van der Waals surface area contributed by atoms with E-state index in [1.807, 2.05) is 37.3 Å². The molecular weight excluding hydrogens is 422 g/mol. The standard InChI is InChI=1S/C22H26ClN3O3S/c1-16(17-6-3-2-4-7-17)22(27)25-10-12-26(13-11-25)30(28,29)20-14-19(23)15-24-21(20)18-8-5-9-18/h2-4,6-7,14-16,18H,5,8-13H2,1H3/t16-/m0/s1. The average Bonchev–Trinajstić information content (AvgIpc) is 2.73. The predicted octanol–water partition coefficient (Wildman–Crippen LogP) is 3.64. The maximum absolute atomic E-state index is 13.4. The van der Waals surface area contributed by atoms with Crippen LogP contribution in [0.1, 0.15) is 49.3 Å². The molecule has 1 aromatic carbocycles. The van der Waals surface area contributed by atoms with E-state index in [0.29, 0.717) is 23.8 Å². The van der Waals surface area contributed by atoms with Crippen molar-refractivity contribution in [2.75, 3.05) is 26.2 Å². The summed E-state index contributed by atoms with van der Waals surface area (Å²) < 4.78 is 28.2. The van der Waals surface area contributed by atoms with Crippen LogP contribution in [-0.2, 0) is 14.8 Å². The Morgan fingerprint density at radius 3 is 2.40 bits per heavy atom. The summed E-state index contributed by atoms with van der Waals surface area (Å²) in [4.78, 5) is 19.2. The SMILES string of the molecule is C[C@H](C(=O)N1CCN(S(=O)(=O)c2cc(Cl)cnc2C2CCC2)CC1)c1ccccc1. The molecular formula is C22H26ClN3O3S. The molecule has 1 amide bonds. The molecule has 0 unspecified atom stereocenters. The highest BCUT2D eigenvalue weighted by molar-refractivity contribution is 7.89. The van der Waals surface area contributed by atoms with Gasteiger partial charge in [0.1, 0.15) is 4.90 Å². The van der Waals surface area contributed by atoms with Crippen molar-refractivity contribution >= 4 is 27.5 Å². The highest BCUT2D eigenvalue weighted by atomic mass is 35.5. The fourth-order valence-electron chi connectivity index (χ4n) is 4.07. The molecule has 2 aliphatic rings. The summed E-state index contributed by atoms with van der Waals surface area (Å²) >= 11 is 6.09. The molecule has 1 aromatic heterocycles. The number of halogens is 1. The number of aromatic nitrogens is 1. The summed E-state index contributed by atoms with van der Waals surface area (Å²) in [7, 11) is -3.71. The smallest absolute Gasteiger partial charge is 0.245 e. The van der Waals surface area contributed by atoms with Gasteiger partial charge >= 0.3 is 0 Å². The minimum absolute atomic E-state index is 0.0258. The van der Waals surface area contributed by atoms with Crippen molar-refractivity contribution in [2.45, 2.75) is 42.9 Å². The predicted molar refractivity (Wildman–Crippen MR) is 116 cm³/mol. The van der Waals surface area contributed by atoms with Gasteiger partial charge in [-0.05, 0) is 31.4 Å². The van der Waals surface area contributed by atoms with Crippen LogP contribution in [0.3, 0.4) is 0 Å². The van der Waals surface area contributed by atoms with Gasteiger partial charge in [-0.25, -0.2) is 8.42 Å². The van der Waals surface area contributed by atoms with Gasteiger partial charge in [0.25, 0.3) is 0 Å². The van der Waals surface area contributed by atoms with Crippen LogP contribution in [-0.4, -0.2) is 54.7 Å². The Labute approximate surface area is 182 Å². The molecule has 1 atom stereocenters. The molecule has 2 heterocycles. The van der Waals surface area contributed by atoms with Gasteiger partial charge in [-0.15, -0.1) is 0 Å². The maximum atomic E-state index is 13.4. The van der Waals surface area contributed by atoms with Crippen LogP contribution in [0.4, 0.5) is 0 Å². The number of hydrogen-bond acceptors (Lipinski definition) is 4. The van der Waals surface area contributed by atoms with Gasteiger partial charge in [-0.1, -0.05) is 48.4 Å². The van der Waals surface area contributed by atoms with E-state index in [1.54, 1.807) is 4.90 Å². The Hall–Kier alpha value is -1.96. The monoisotopic (exact) mass is 447 g/mol. The lowest BCUT2D eigenvalue weighted by Crippen LogP contribution is -2.51. The molecule has 0 spiro atoms. The van der Waals surface area contributed by atoms with Gasteiger partial charge in [0, 0.05) is 38.3 Å². The summed E-state index contributed by atoms with van der Waals surface area (Å²) in [5.74, 6) is -0.0452. The van der Waals surface area contributed by atoms with E-state index in [9.17, 15) is 13.2 Å². The minimum atomic E-state index is -3.71. The number of amides is 1. The summed E-state index contributed by atoms with van der Waals surface area (Å²) in [5.41, 5.74) is 1.59. The summed E-state index contributed by atoms with van der Waals surface area (Å²) in [5, 5.41) is 0.321. The molecule has 1 aliphatic carbocycles. The molecule has 160 valence electrons. The number of piperazine rings is 1. The summed E-state index contributed by atoms with van der Waals surface area (Å²) in [6.07, 6.45) is 4.53. The van der Waals surface area contributed by atoms with Crippen molar-refractivity contribution in [1.82, 2.24) is 14.2 Å². The van der Waals surface area contributed by atoms with Crippen LogP contribution in [0.2, 0.25) is 5.02 Å². The molecule has 2 fully saturated rings. The highest BCUT2D eigenvalue weighted by Gasteiger charge is 2.35. The number of sulfonamides is 1. The van der Waals surface area contributed by atoms with E-state index in [-0.39, 0.29) is 35.7 Å². The third kappa shape index (κ3) is 4.11. The van der Waals surface area contributed by atoms with Gasteiger partial charge < -0.3 is 4.90 Å². The van der Waals surface area contributed by atoms with Gasteiger partial charge in [-0.3, -0.25) is 9.78 Å². The van der Waals surface area contributed by atoms with Crippen LogP contribution in [0.15, 0.2) is 47.5 Å². The van der Waals surface area contributed by atoms with E-state index in [2.05, 4.69) is 4.98 Å². The lowest BCUT2D eigenvalue weighted by atomic mass is 9.83. The van der Waals surface area contributed by atoms with Crippen molar-refractivity contribution in [3.05, 3.63) is 58.9 Å². The Balaban J connectivity index is 1.47. The number of nitrogens with zero attached hydrogens (tertiary/aromatic N) is 3. The van der Waals surface area contributed by atoms with Crippen molar-refractivity contribution in [3.63, 3.8) is 0 Å². The third-order valence-corrected chi connectivity index (χ3v) is 8.31. The Bertz CT molecular complexity index is 1020. The lowest BCUT2D eigenvalue weighted by Gasteiger charge is -2.36. The number of carbonyl (C=O) groups is 1. The topological polar surface area (TPSA) is 70.6 Å². The Morgan fingerprint density at radius 2 is 1.80 bits per heavy atom. The van der Waals surface area contributed by atoms with Gasteiger partial charge in [0.15, 0.2) is 0 Å². The molecule has 6 nitrogen and oxygen atoms in total. The minimum Gasteiger partial charge on any atom is -0.340 e. The normalized spacial score (nSPS) is 19.3. The van der Waals surface area contributed by atoms with Crippen molar-refractivity contribution in [1.29, 1.82) is 0 Å². The largest absolute Gasteiger partial charge is 0.340 e. The van der Waals surface area contributed by atoms with Gasteiger partial charge in [0.2, 0.25) is 15.9 Å². The first-order valence-corrected chi connectivity index (χ1v) is 12.2. The van der Waals surface area contributed by atoms with Crippen molar-refractivity contribution < 1.29 is 13.2 Å². The molecule has 0 bridgehead atoms. The second kappa shape index (κ2) is 8.65. The fraction of sp³-hybridized carbons (Fsp3) is 0.455. The van der Waals surface area contributed by atoms with Crippen LogP contribution >= 0.6 is 11.6 Å². The van der Waals surface area contributed by atoms with Crippen LogP contribution in [0.5, 0.6) is 0 Å². The van der Waals surface area contributed by atoms with Gasteiger partial charge in [0.05, 0.1) is 16.6 Å². The molecule has 4 rings (SSSR count). The van der Waals surface area contributed by atoms with Crippen molar-refractivity contribution in [2.24, 2.45) is 0 Å². The van der Waals surface area contributed by atoms with E-state index >= 15 is 0 Å². The summed E-state index contributed by atoms with van der Waals surface area (Å²) in [6.45, 7) is 3.19. The quantitative estimate of drug-likeness (QED) is 0.701. The molecule has 0 N–H and O–H groups in total. The number of benzene rings is 1. The zero-order chi connectivity index (χ0) is 21.3. The maximum Gasteiger partial charge on any atom is 0.245 e. The molecule has 1 saturated heterocycles. The van der Waals surface area contributed by atoms with E-state index in [4.69, 9.17) is 11.6 Å². The first kappa shape index (κ1) is 21.3. The average molecular weight is 448 g/mol. The molecule has 1 aliphatic heterocycles. The number of rotatable bonds is 5. The molecule has 30 heavy (non-hydrogen) atoms. The zero-order valence-corrected chi connectivity index (χ0v) is 18.6. The Morgan fingerprint density at radius 1 is 1.13 bits per heavy atom. The van der Waals surface area contributed by atoms with Crippen LogP contribution < -0.4 is 0 Å². The fourth-order valence-corrected chi connectivity index (χ4v) is 5.98. The van der Waals surface area contributed by atoms with E-state index in [0.717, 1.165) is 24.8 Å². The van der Waals surface area contributed by atoms with E-state index in [1.165, 1.54) is 16.6 Å². The number of hydrogen-bond donors (Lipinski definition) is 0. The molecule has 0 radical (unpaired) electrons. The number of carbonyl (C=O) groups excluding carboxylic acids is 1.